The quantitative estimate of drug-likeness (QED) is 0.557. The highest BCUT2D eigenvalue weighted by Gasteiger charge is 2.39. The molecule has 0 atom stereocenters. The van der Waals surface area contributed by atoms with E-state index < -0.39 is 0 Å². The van der Waals surface area contributed by atoms with Gasteiger partial charge in [-0.15, -0.1) is 0 Å². The summed E-state index contributed by atoms with van der Waals surface area (Å²) in [7, 11) is 0. The van der Waals surface area contributed by atoms with Crippen molar-refractivity contribution in [1.82, 2.24) is 0 Å². The van der Waals surface area contributed by atoms with Gasteiger partial charge in [-0.2, -0.15) is 0 Å². The van der Waals surface area contributed by atoms with Crippen molar-refractivity contribution in [3.05, 3.63) is 0 Å². The number of hydrogen-bond acceptors (Lipinski definition) is 0. The molecule has 0 N–H and O–H groups in total. The second-order valence-electron chi connectivity index (χ2n) is 6.89. The van der Waals surface area contributed by atoms with Gasteiger partial charge in [0.05, 0.1) is 0 Å². The molecule has 0 amide bonds. The SMILES string of the molecule is CC(C)C12CCCC(C)(CCC1)CCC2. The van der Waals surface area contributed by atoms with E-state index in [0.29, 0.717) is 5.41 Å². The molecule has 2 bridgehead atoms. The van der Waals surface area contributed by atoms with Crippen LogP contribution in [0.3, 0.4) is 0 Å². The Labute approximate surface area is 95.8 Å². The minimum atomic E-state index is 0.712. The standard InChI is InChI=1S/C15H28/c1-13(2)15-10-4-7-14(3,8-5-11-15)9-6-12-15/h13H,4-12H2,1-3H3. The van der Waals surface area contributed by atoms with E-state index in [1.54, 1.807) is 0 Å². The largest absolute Gasteiger partial charge is 0.0622 e. The van der Waals surface area contributed by atoms with E-state index in [1.165, 1.54) is 57.8 Å². The van der Waals surface area contributed by atoms with Gasteiger partial charge in [-0.1, -0.05) is 40.0 Å². The molecule has 15 heavy (non-hydrogen) atoms. The van der Waals surface area contributed by atoms with E-state index in [2.05, 4.69) is 20.8 Å². The van der Waals surface area contributed by atoms with Crippen LogP contribution >= 0.6 is 0 Å². The Hall–Kier alpha value is 0. The molecule has 0 saturated heterocycles. The Morgan fingerprint density at radius 2 is 1.13 bits per heavy atom. The maximum Gasteiger partial charge on any atom is -0.0274 e. The maximum absolute atomic E-state index is 2.54. The third-order valence-corrected chi connectivity index (χ3v) is 5.59. The molecule has 3 fully saturated rings. The van der Waals surface area contributed by atoms with Gasteiger partial charge in [-0.3, -0.25) is 0 Å². The second-order valence-corrected chi connectivity index (χ2v) is 6.89. The Kier molecular flexibility index (Phi) is 3.14. The van der Waals surface area contributed by atoms with Gasteiger partial charge >= 0.3 is 0 Å². The predicted molar refractivity (Wildman–Crippen MR) is 66.9 cm³/mol. The zero-order chi connectivity index (χ0) is 10.9. The molecule has 0 aromatic carbocycles. The molecule has 0 heteroatoms. The summed E-state index contributed by atoms with van der Waals surface area (Å²) in [6, 6.07) is 0. The summed E-state index contributed by atoms with van der Waals surface area (Å²) in [5.41, 5.74) is 1.44. The molecule has 88 valence electrons. The lowest BCUT2D eigenvalue weighted by molar-refractivity contribution is 0.0540. The van der Waals surface area contributed by atoms with Crippen LogP contribution in [0.1, 0.15) is 78.6 Å². The molecule has 0 aromatic heterocycles. The number of rotatable bonds is 1. The average molecular weight is 208 g/mol. The topological polar surface area (TPSA) is 0 Å². The van der Waals surface area contributed by atoms with Crippen molar-refractivity contribution >= 4 is 0 Å². The molecular weight excluding hydrogens is 180 g/mol. The van der Waals surface area contributed by atoms with Gasteiger partial charge in [0.2, 0.25) is 0 Å². The highest BCUT2D eigenvalue weighted by molar-refractivity contribution is 4.90. The van der Waals surface area contributed by atoms with Gasteiger partial charge in [-0.25, -0.2) is 0 Å². The fourth-order valence-electron chi connectivity index (χ4n) is 4.22. The summed E-state index contributed by atoms with van der Waals surface area (Å²) >= 11 is 0. The highest BCUT2D eigenvalue weighted by Crippen LogP contribution is 2.52. The van der Waals surface area contributed by atoms with Crippen LogP contribution in [0, 0.1) is 16.7 Å². The molecule has 0 radical (unpaired) electrons. The Morgan fingerprint density at radius 1 is 0.733 bits per heavy atom. The summed E-state index contributed by atoms with van der Waals surface area (Å²) in [5.74, 6) is 0.903. The number of fused-ring (bicyclic) bond motifs is 6. The monoisotopic (exact) mass is 208 g/mol. The third kappa shape index (κ3) is 2.24. The van der Waals surface area contributed by atoms with Crippen LogP contribution in [0.5, 0.6) is 0 Å². The van der Waals surface area contributed by atoms with Crippen LogP contribution < -0.4 is 0 Å². The molecule has 0 aromatic rings. The van der Waals surface area contributed by atoms with E-state index in [1.807, 2.05) is 0 Å². The van der Waals surface area contributed by atoms with E-state index in [0.717, 1.165) is 11.3 Å². The number of hydrogen-bond donors (Lipinski definition) is 0. The Bertz CT molecular complexity index is 185. The summed E-state index contributed by atoms with van der Waals surface area (Å²) in [6.07, 6.45) is 13.5. The van der Waals surface area contributed by atoms with Crippen LogP contribution in [0.4, 0.5) is 0 Å². The Morgan fingerprint density at radius 3 is 1.47 bits per heavy atom. The summed E-state index contributed by atoms with van der Waals surface area (Å²) < 4.78 is 0. The van der Waals surface area contributed by atoms with Crippen molar-refractivity contribution in [3.63, 3.8) is 0 Å². The minimum absolute atomic E-state index is 0.712. The van der Waals surface area contributed by atoms with Gasteiger partial charge in [-0.05, 0) is 55.3 Å². The normalized spacial score (nSPS) is 42.4. The van der Waals surface area contributed by atoms with E-state index in [9.17, 15) is 0 Å². The first-order valence-corrected chi connectivity index (χ1v) is 7.06. The molecule has 0 spiro atoms. The summed E-state index contributed by atoms with van der Waals surface area (Å²) in [5, 5.41) is 0. The van der Waals surface area contributed by atoms with Gasteiger partial charge in [0, 0.05) is 0 Å². The van der Waals surface area contributed by atoms with E-state index in [-0.39, 0.29) is 0 Å². The zero-order valence-corrected chi connectivity index (χ0v) is 10.9. The van der Waals surface area contributed by atoms with Crippen molar-refractivity contribution in [2.45, 2.75) is 78.6 Å². The fraction of sp³-hybridized carbons (Fsp3) is 1.00. The molecule has 3 aliphatic rings. The second kappa shape index (κ2) is 4.11. The van der Waals surface area contributed by atoms with Crippen molar-refractivity contribution in [2.75, 3.05) is 0 Å². The molecule has 3 rings (SSSR count). The fourth-order valence-corrected chi connectivity index (χ4v) is 4.22. The van der Waals surface area contributed by atoms with E-state index in [4.69, 9.17) is 0 Å². The molecule has 0 nitrogen and oxygen atoms in total. The smallest absolute Gasteiger partial charge is 0.0274 e. The van der Waals surface area contributed by atoms with Crippen LogP contribution in [-0.4, -0.2) is 0 Å². The first-order chi connectivity index (χ1) is 7.06. The summed E-state index contributed by atoms with van der Waals surface area (Å²) in [4.78, 5) is 0. The third-order valence-electron chi connectivity index (χ3n) is 5.59. The summed E-state index contributed by atoms with van der Waals surface area (Å²) in [6.45, 7) is 7.46. The molecule has 3 aliphatic carbocycles. The minimum Gasteiger partial charge on any atom is -0.0622 e. The molecule has 0 aliphatic heterocycles. The van der Waals surface area contributed by atoms with Crippen LogP contribution in [0.25, 0.3) is 0 Å². The van der Waals surface area contributed by atoms with Gasteiger partial charge in [0.1, 0.15) is 0 Å². The predicted octanol–water partition coefficient (Wildman–Crippen LogP) is 5.17. The highest BCUT2D eigenvalue weighted by atomic mass is 14.4. The van der Waals surface area contributed by atoms with E-state index >= 15 is 0 Å². The van der Waals surface area contributed by atoms with Crippen LogP contribution in [0.2, 0.25) is 0 Å². The lowest BCUT2D eigenvalue weighted by Gasteiger charge is -2.46. The van der Waals surface area contributed by atoms with Crippen molar-refractivity contribution < 1.29 is 0 Å². The van der Waals surface area contributed by atoms with Crippen molar-refractivity contribution in [2.24, 2.45) is 16.7 Å². The first kappa shape index (κ1) is 11.5. The Balaban J connectivity index is 2.16. The van der Waals surface area contributed by atoms with Gasteiger partial charge in [0.25, 0.3) is 0 Å². The van der Waals surface area contributed by atoms with Crippen LogP contribution in [0.15, 0.2) is 0 Å². The first-order valence-electron chi connectivity index (χ1n) is 7.06. The lowest BCUT2D eigenvalue weighted by atomic mass is 9.59. The molecule has 0 heterocycles. The average Bonchev–Trinajstić information content (AvgIpc) is 2.08. The molecule has 3 saturated carbocycles. The van der Waals surface area contributed by atoms with Crippen molar-refractivity contribution in [1.29, 1.82) is 0 Å². The maximum atomic E-state index is 2.54. The zero-order valence-electron chi connectivity index (χ0n) is 10.9. The van der Waals surface area contributed by atoms with Crippen molar-refractivity contribution in [3.8, 4) is 0 Å². The van der Waals surface area contributed by atoms with Crippen LogP contribution in [-0.2, 0) is 0 Å². The lowest BCUT2D eigenvalue weighted by Crippen LogP contribution is -2.34. The van der Waals surface area contributed by atoms with Gasteiger partial charge in [0.15, 0.2) is 0 Å². The molecule has 0 unspecified atom stereocenters. The van der Waals surface area contributed by atoms with Gasteiger partial charge < -0.3 is 0 Å². The molecular formula is C15H28.